The van der Waals surface area contributed by atoms with E-state index in [9.17, 15) is 9.59 Å². The molecule has 0 aliphatic carbocycles. The van der Waals surface area contributed by atoms with Crippen molar-refractivity contribution in [2.45, 2.75) is 39.7 Å². The second-order valence-corrected chi connectivity index (χ2v) is 11.1. The van der Waals surface area contributed by atoms with E-state index < -0.39 is 5.69 Å². The fourth-order valence-electron chi connectivity index (χ4n) is 5.68. The molecule has 1 amide bonds. The molecular formula is C33H34ClN5O2. The summed E-state index contributed by atoms with van der Waals surface area (Å²) < 4.78 is 1.68. The predicted octanol–water partition coefficient (Wildman–Crippen LogP) is 6.40. The highest BCUT2D eigenvalue weighted by Crippen LogP contribution is 2.38. The highest BCUT2D eigenvalue weighted by Gasteiger charge is 2.30. The Balaban J connectivity index is 1.82. The first-order valence-corrected chi connectivity index (χ1v) is 14.2. The molecule has 1 aliphatic heterocycles. The van der Waals surface area contributed by atoms with Gasteiger partial charge in [0.15, 0.2) is 0 Å². The van der Waals surface area contributed by atoms with E-state index in [0.29, 0.717) is 36.0 Å². The number of aryl methyl sites for hydroxylation is 1. The van der Waals surface area contributed by atoms with Gasteiger partial charge in [-0.3, -0.25) is 14.3 Å². The highest BCUT2D eigenvalue weighted by molar-refractivity contribution is 6.34. The maximum atomic E-state index is 14.1. The molecule has 1 aliphatic rings. The number of pyridine rings is 1. The number of fused-ring (bicyclic) bond motifs is 1. The minimum Gasteiger partial charge on any atom is -0.350 e. The van der Waals surface area contributed by atoms with Crippen molar-refractivity contribution in [3.8, 4) is 16.8 Å². The summed E-state index contributed by atoms with van der Waals surface area (Å²) >= 11 is 7.00. The Morgan fingerprint density at radius 1 is 1.12 bits per heavy atom. The SMILES string of the molecule is C=CC(=O)N1CCN(c2nc(=O)n(-c3c(C)ccnc3C(C)C)c3cc(-c4ccccc4C=C)c(Cl)cc23)[C@@H](C)C1. The predicted molar refractivity (Wildman–Crippen MR) is 168 cm³/mol. The van der Waals surface area contributed by atoms with Crippen molar-refractivity contribution in [3.63, 3.8) is 0 Å². The van der Waals surface area contributed by atoms with E-state index in [2.05, 4.69) is 41.9 Å². The van der Waals surface area contributed by atoms with Gasteiger partial charge in [0, 0.05) is 47.8 Å². The maximum absolute atomic E-state index is 14.1. The first kappa shape index (κ1) is 28.3. The van der Waals surface area contributed by atoms with E-state index in [4.69, 9.17) is 11.6 Å². The van der Waals surface area contributed by atoms with E-state index in [0.717, 1.165) is 39.0 Å². The van der Waals surface area contributed by atoms with Crippen molar-refractivity contribution in [2.75, 3.05) is 24.5 Å². The fraction of sp³-hybridized carbons (Fsp3) is 0.273. The topological polar surface area (TPSA) is 71.3 Å². The zero-order chi connectivity index (χ0) is 29.4. The number of benzene rings is 2. The Bertz CT molecular complexity index is 1740. The van der Waals surface area contributed by atoms with Gasteiger partial charge in [-0.05, 0) is 60.7 Å². The monoisotopic (exact) mass is 567 g/mol. The van der Waals surface area contributed by atoms with E-state index in [1.54, 1.807) is 21.7 Å². The lowest BCUT2D eigenvalue weighted by Gasteiger charge is -2.40. The number of hydrogen-bond acceptors (Lipinski definition) is 5. The third kappa shape index (κ3) is 5.06. The summed E-state index contributed by atoms with van der Waals surface area (Å²) in [5.41, 5.74) is 5.42. The smallest absolute Gasteiger partial charge is 0.350 e. The average Bonchev–Trinajstić information content (AvgIpc) is 2.96. The van der Waals surface area contributed by atoms with Crippen LogP contribution in [0.15, 0.2) is 72.7 Å². The zero-order valence-corrected chi connectivity index (χ0v) is 24.7. The van der Waals surface area contributed by atoms with Gasteiger partial charge in [-0.2, -0.15) is 4.98 Å². The molecule has 210 valence electrons. The largest absolute Gasteiger partial charge is 0.354 e. The lowest BCUT2D eigenvalue weighted by atomic mass is 9.97. The molecule has 1 saturated heterocycles. The number of aromatic nitrogens is 3. The molecule has 8 heteroatoms. The summed E-state index contributed by atoms with van der Waals surface area (Å²) in [6, 6.07) is 13.6. The Labute approximate surface area is 245 Å². The molecule has 1 fully saturated rings. The van der Waals surface area contributed by atoms with Crippen molar-refractivity contribution >= 4 is 40.3 Å². The second-order valence-electron chi connectivity index (χ2n) is 10.7. The number of piperazine rings is 1. The fourth-order valence-corrected chi connectivity index (χ4v) is 5.94. The molecule has 2 aromatic heterocycles. The van der Waals surface area contributed by atoms with Crippen molar-refractivity contribution in [1.82, 2.24) is 19.4 Å². The molecule has 0 radical (unpaired) electrons. The number of anilines is 1. The van der Waals surface area contributed by atoms with Gasteiger partial charge in [0.1, 0.15) is 5.82 Å². The van der Waals surface area contributed by atoms with Crippen LogP contribution in [0.1, 0.15) is 43.5 Å². The first-order chi connectivity index (χ1) is 19.7. The lowest BCUT2D eigenvalue weighted by molar-refractivity contribution is -0.126. The molecule has 0 unspecified atom stereocenters. The van der Waals surface area contributed by atoms with Crippen LogP contribution in [-0.2, 0) is 4.79 Å². The molecular weight excluding hydrogens is 534 g/mol. The van der Waals surface area contributed by atoms with Crippen molar-refractivity contribution in [2.24, 2.45) is 0 Å². The number of halogens is 1. The van der Waals surface area contributed by atoms with Crippen LogP contribution in [-0.4, -0.2) is 51.0 Å². The molecule has 0 N–H and O–H groups in total. The van der Waals surface area contributed by atoms with Crippen LogP contribution in [0.3, 0.4) is 0 Å². The average molecular weight is 568 g/mol. The van der Waals surface area contributed by atoms with Crippen molar-refractivity contribution in [3.05, 3.63) is 100 Å². The summed E-state index contributed by atoms with van der Waals surface area (Å²) in [5.74, 6) is 0.527. The molecule has 41 heavy (non-hydrogen) atoms. The van der Waals surface area contributed by atoms with Crippen molar-refractivity contribution < 1.29 is 4.79 Å². The number of carbonyl (C=O) groups excluding carboxylic acids is 1. The minimum absolute atomic E-state index is 0.0788. The third-order valence-electron chi connectivity index (χ3n) is 7.74. The number of rotatable bonds is 6. The highest BCUT2D eigenvalue weighted by atomic mass is 35.5. The Kier molecular flexibility index (Phi) is 7.82. The maximum Gasteiger partial charge on any atom is 0.354 e. The molecule has 0 saturated carbocycles. The van der Waals surface area contributed by atoms with Crippen LogP contribution in [0.25, 0.3) is 33.8 Å². The number of amides is 1. The Morgan fingerprint density at radius 2 is 1.88 bits per heavy atom. The van der Waals surface area contributed by atoms with Crippen LogP contribution in [0.4, 0.5) is 5.82 Å². The first-order valence-electron chi connectivity index (χ1n) is 13.8. The van der Waals surface area contributed by atoms with E-state index in [1.807, 2.05) is 56.3 Å². The van der Waals surface area contributed by atoms with Gasteiger partial charge in [0.05, 0.1) is 16.9 Å². The zero-order valence-electron chi connectivity index (χ0n) is 23.9. The van der Waals surface area contributed by atoms with Gasteiger partial charge in [-0.25, -0.2) is 4.79 Å². The van der Waals surface area contributed by atoms with Crippen LogP contribution in [0.2, 0.25) is 5.02 Å². The van der Waals surface area contributed by atoms with E-state index >= 15 is 0 Å². The van der Waals surface area contributed by atoms with Crippen LogP contribution >= 0.6 is 11.6 Å². The van der Waals surface area contributed by atoms with E-state index in [1.165, 1.54) is 6.08 Å². The number of carbonyl (C=O) groups is 1. The van der Waals surface area contributed by atoms with Gasteiger partial charge >= 0.3 is 5.69 Å². The standard InChI is InChI=1S/C33H34ClN5O2/c1-7-23-11-9-10-12-24(23)25-18-28-26(17-27(25)34)32(38-16-15-37(19-22(38)6)29(40)8-2)36-33(41)39(28)31-21(5)13-14-35-30(31)20(3)4/h7-14,17-18,20,22H,1-2,15-16,19H2,3-6H3/t22-/m0/s1. The van der Waals surface area contributed by atoms with Crippen LogP contribution in [0, 0.1) is 6.92 Å². The van der Waals surface area contributed by atoms with Gasteiger partial charge in [-0.1, -0.05) is 68.9 Å². The molecule has 1 atom stereocenters. The summed E-state index contributed by atoms with van der Waals surface area (Å²) in [4.78, 5) is 39.6. The Hall–Kier alpha value is -4.23. The van der Waals surface area contributed by atoms with Crippen molar-refractivity contribution in [1.29, 1.82) is 0 Å². The second kappa shape index (κ2) is 11.3. The molecule has 2 aromatic carbocycles. The quantitative estimate of drug-likeness (QED) is 0.252. The summed E-state index contributed by atoms with van der Waals surface area (Å²) in [7, 11) is 0. The number of hydrogen-bond donors (Lipinski definition) is 0. The summed E-state index contributed by atoms with van der Waals surface area (Å²) in [6.07, 6.45) is 4.91. The molecule has 0 bridgehead atoms. The van der Waals surface area contributed by atoms with Gasteiger partial charge in [0.25, 0.3) is 0 Å². The molecule has 7 nitrogen and oxygen atoms in total. The third-order valence-corrected chi connectivity index (χ3v) is 8.05. The number of nitrogens with zero attached hydrogens (tertiary/aromatic N) is 5. The molecule has 3 heterocycles. The summed E-state index contributed by atoms with van der Waals surface area (Å²) in [6.45, 7) is 17.3. The molecule has 0 spiro atoms. The normalized spacial score (nSPS) is 15.4. The Morgan fingerprint density at radius 3 is 2.56 bits per heavy atom. The minimum atomic E-state index is -0.396. The van der Waals surface area contributed by atoms with Gasteiger partial charge in [0.2, 0.25) is 5.91 Å². The van der Waals surface area contributed by atoms with E-state index in [-0.39, 0.29) is 17.9 Å². The molecule has 4 aromatic rings. The van der Waals surface area contributed by atoms with Gasteiger partial charge < -0.3 is 9.80 Å². The van der Waals surface area contributed by atoms with Crippen LogP contribution in [0.5, 0.6) is 0 Å². The summed E-state index contributed by atoms with van der Waals surface area (Å²) in [5, 5.41) is 1.29. The molecule has 5 rings (SSSR count). The van der Waals surface area contributed by atoms with Gasteiger partial charge in [-0.15, -0.1) is 0 Å². The lowest BCUT2D eigenvalue weighted by Crippen LogP contribution is -2.54. The van der Waals surface area contributed by atoms with Crippen LogP contribution < -0.4 is 10.6 Å².